The van der Waals surface area contributed by atoms with Crippen molar-refractivity contribution in [2.24, 2.45) is 5.92 Å². The lowest BCUT2D eigenvalue weighted by atomic mass is 10.1. The van der Waals surface area contributed by atoms with E-state index in [2.05, 4.69) is 18.7 Å². The highest BCUT2D eigenvalue weighted by Crippen LogP contribution is 2.34. The first-order chi connectivity index (χ1) is 16.0. The maximum absolute atomic E-state index is 13.5. The van der Waals surface area contributed by atoms with Crippen LogP contribution in [-0.4, -0.2) is 56.7 Å². The normalized spacial score (nSPS) is 17.6. The van der Waals surface area contributed by atoms with Crippen LogP contribution in [0.15, 0.2) is 24.3 Å². The van der Waals surface area contributed by atoms with Gasteiger partial charge < -0.3 is 9.80 Å². The van der Waals surface area contributed by atoms with E-state index >= 15 is 0 Å². The fourth-order valence-corrected chi connectivity index (χ4v) is 4.68. The van der Waals surface area contributed by atoms with Gasteiger partial charge in [-0.05, 0) is 50.5 Å². The number of hydrogen-bond donors (Lipinski definition) is 0. The Kier molecular flexibility index (Phi) is 5.76. The molecule has 0 unspecified atom stereocenters. The summed E-state index contributed by atoms with van der Waals surface area (Å²) in [5.41, 5.74) is 2.36. The van der Waals surface area contributed by atoms with Gasteiger partial charge in [0.1, 0.15) is 17.5 Å². The van der Waals surface area contributed by atoms with Crippen LogP contribution in [0.1, 0.15) is 57.0 Å². The minimum atomic E-state index is -0.280. The molecule has 2 fully saturated rings. The molecule has 1 saturated carbocycles. The van der Waals surface area contributed by atoms with Crippen molar-refractivity contribution in [3.63, 3.8) is 0 Å². The van der Waals surface area contributed by atoms with Crippen molar-refractivity contribution in [1.82, 2.24) is 24.6 Å². The molecule has 7 nitrogen and oxygen atoms in total. The minimum Gasteiger partial charge on any atom is -0.352 e. The zero-order valence-electron chi connectivity index (χ0n) is 19.6. The summed E-state index contributed by atoms with van der Waals surface area (Å²) in [6.07, 6.45) is 4.12. The molecule has 33 heavy (non-hydrogen) atoms. The van der Waals surface area contributed by atoms with Crippen LogP contribution >= 0.6 is 0 Å². The van der Waals surface area contributed by atoms with Gasteiger partial charge in [-0.15, -0.1) is 0 Å². The molecular weight excluding hydrogens is 419 g/mol. The van der Waals surface area contributed by atoms with Gasteiger partial charge in [0, 0.05) is 38.0 Å². The molecule has 0 radical (unpaired) electrons. The summed E-state index contributed by atoms with van der Waals surface area (Å²) in [6, 6.07) is 6.33. The summed E-state index contributed by atoms with van der Waals surface area (Å²) < 4.78 is 15.3. The first-order valence-corrected chi connectivity index (χ1v) is 12.0. The fraction of sp³-hybridized carbons (Fsp3) is 0.520. The van der Waals surface area contributed by atoms with Gasteiger partial charge in [-0.2, -0.15) is 5.10 Å². The van der Waals surface area contributed by atoms with Gasteiger partial charge in [-0.25, -0.2) is 19.0 Å². The van der Waals surface area contributed by atoms with Crippen molar-refractivity contribution >= 4 is 22.8 Å². The molecule has 1 atom stereocenters. The number of aromatic nitrogens is 4. The van der Waals surface area contributed by atoms with Gasteiger partial charge in [0.05, 0.1) is 16.8 Å². The van der Waals surface area contributed by atoms with Crippen LogP contribution in [0.5, 0.6) is 0 Å². The van der Waals surface area contributed by atoms with E-state index in [0.29, 0.717) is 19.0 Å². The zero-order valence-corrected chi connectivity index (χ0v) is 19.6. The van der Waals surface area contributed by atoms with Gasteiger partial charge in [0.25, 0.3) is 0 Å². The Morgan fingerprint density at radius 1 is 1.12 bits per heavy atom. The predicted molar refractivity (Wildman–Crippen MR) is 126 cm³/mol. The Hall–Kier alpha value is -3.03. The zero-order chi connectivity index (χ0) is 23.1. The molecular formula is C25H31FN6O. The van der Waals surface area contributed by atoms with E-state index in [1.54, 1.807) is 16.8 Å². The van der Waals surface area contributed by atoms with Crippen molar-refractivity contribution in [2.45, 2.75) is 52.4 Å². The molecule has 3 heterocycles. The second kappa shape index (κ2) is 8.72. The second-order valence-electron chi connectivity index (χ2n) is 9.35. The van der Waals surface area contributed by atoms with E-state index in [9.17, 15) is 9.18 Å². The molecule has 1 amide bonds. The molecule has 1 aliphatic carbocycles. The highest BCUT2D eigenvalue weighted by atomic mass is 19.1. The maximum atomic E-state index is 13.5. The van der Waals surface area contributed by atoms with Crippen molar-refractivity contribution in [2.75, 3.05) is 31.1 Å². The first kappa shape index (κ1) is 21.8. The van der Waals surface area contributed by atoms with Gasteiger partial charge in [-0.3, -0.25) is 4.79 Å². The highest BCUT2D eigenvalue weighted by Gasteiger charge is 2.35. The molecule has 0 bridgehead atoms. The van der Waals surface area contributed by atoms with Crippen LogP contribution in [0.2, 0.25) is 0 Å². The molecule has 1 aliphatic heterocycles. The Bertz CT molecular complexity index is 1160. The van der Waals surface area contributed by atoms with Crippen LogP contribution in [0, 0.1) is 18.7 Å². The summed E-state index contributed by atoms with van der Waals surface area (Å²) in [5, 5.41) is 5.69. The average Bonchev–Trinajstić information content (AvgIpc) is 3.62. The Morgan fingerprint density at radius 3 is 2.45 bits per heavy atom. The number of carbonyl (C=O) groups is 1. The van der Waals surface area contributed by atoms with Gasteiger partial charge in [-0.1, -0.05) is 20.3 Å². The van der Waals surface area contributed by atoms with Crippen molar-refractivity contribution < 1.29 is 9.18 Å². The summed E-state index contributed by atoms with van der Waals surface area (Å²) in [5.74, 6) is 2.19. The minimum absolute atomic E-state index is 0.216. The van der Waals surface area contributed by atoms with Crippen molar-refractivity contribution in [1.29, 1.82) is 0 Å². The predicted octanol–water partition coefficient (Wildman–Crippen LogP) is 4.23. The smallest absolute Gasteiger partial charge is 0.225 e. The maximum Gasteiger partial charge on any atom is 0.225 e. The van der Waals surface area contributed by atoms with Crippen LogP contribution in [0.25, 0.3) is 16.7 Å². The summed E-state index contributed by atoms with van der Waals surface area (Å²) >= 11 is 0. The quantitative estimate of drug-likeness (QED) is 0.562. The largest absolute Gasteiger partial charge is 0.352 e. The third-order valence-electron chi connectivity index (χ3n) is 6.75. The molecule has 1 saturated heterocycles. The molecule has 0 spiro atoms. The number of hydrogen-bond acceptors (Lipinski definition) is 5. The number of amides is 1. The number of rotatable bonds is 6. The van der Waals surface area contributed by atoms with E-state index in [1.165, 1.54) is 12.1 Å². The van der Waals surface area contributed by atoms with E-state index in [-0.39, 0.29) is 17.7 Å². The Balaban J connectivity index is 1.55. The number of nitrogens with zero attached hydrogens (tertiary/aromatic N) is 6. The molecule has 174 valence electrons. The molecule has 8 heteroatoms. The third kappa shape index (κ3) is 4.18. The van der Waals surface area contributed by atoms with Crippen LogP contribution < -0.4 is 4.90 Å². The number of carbonyl (C=O) groups excluding carboxylic acids is 1. The number of fused-ring (bicyclic) bond motifs is 1. The summed E-state index contributed by atoms with van der Waals surface area (Å²) in [6.45, 7) is 9.21. The molecule has 1 aromatic carbocycles. The monoisotopic (exact) mass is 450 g/mol. The lowest BCUT2D eigenvalue weighted by Gasteiger charge is -2.36. The number of benzene rings is 1. The van der Waals surface area contributed by atoms with E-state index in [0.717, 1.165) is 72.8 Å². The van der Waals surface area contributed by atoms with Crippen LogP contribution in [-0.2, 0) is 4.79 Å². The third-order valence-corrected chi connectivity index (χ3v) is 6.75. The number of halogens is 1. The van der Waals surface area contributed by atoms with Crippen LogP contribution in [0.4, 0.5) is 10.2 Å². The van der Waals surface area contributed by atoms with Crippen molar-refractivity contribution in [3.05, 3.63) is 41.6 Å². The van der Waals surface area contributed by atoms with Gasteiger partial charge in [0.15, 0.2) is 5.65 Å². The molecule has 0 N–H and O–H groups in total. The second-order valence-corrected chi connectivity index (χ2v) is 9.35. The van der Waals surface area contributed by atoms with E-state index in [1.807, 2.05) is 11.8 Å². The Morgan fingerprint density at radius 2 is 1.82 bits per heavy atom. The molecule has 3 aromatic rings. The number of aryl methyl sites for hydroxylation is 1. The molecule has 2 aliphatic rings. The molecule has 2 aromatic heterocycles. The topological polar surface area (TPSA) is 67.2 Å². The lowest BCUT2D eigenvalue weighted by molar-refractivity contribution is -0.132. The average molecular weight is 451 g/mol. The summed E-state index contributed by atoms with van der Waals surface area (Å²) in [4.78, 5) is 26.8. The van der Waals surface area contributed by atoms with Crippen molar-refractivity contribution in [3.8, 4) is 5.69 Å². The van der Waals surface area contributed by atoms with E-state index in [4.69, 9.17) is 15.1 Å². The Labute approximate surface area is 193 Å². The SMILES string of the molecule is CCC[C@H](C)c1nc(N2CCN(C(=O)C3CC3)CC2)c2c(C)nn(-c3ccc(F)cc3)c2n1. The summed E-state index contributed by atoms with van der Waals surface area (Å²) in [7, 11) is 0. The lowest BCUT2D eigenvalue weighted by Crippen LogP contribution is -2.49. The first-order valence-electron chi connectivity index (χ1n) is 12.0. The molecule has 5 rings (SSSR count). The fourth-order valence-electron chi connectivity index (χ4n) is 4.68. The van der Waals surface area contributed by atoms with Gasteiger partial charge in [0.2, 0.25) is 5.91 Å². The standard InChI is InChI=1S/C25H31FN6O/c1-4-5-16(2)22-27-23(30-12-14-31(15-13-30)25(33)18-6-7-18)21-17(3)29-32(24(21)28-22)20-10-8-19(26)9-11-20/h8-11,16,18H,4-7,12-15H2,1-3H3/t16-/m0/s1. The van der Waals surface area contributed by atoms with Crippen LogP contribution in [0.3, 0.4) is 0 Å². The number of anilines is 1. The highest BCUT2D eigenvalue weighted by molar-refractivity contribution is 5.91. The van der Waals surface area contributed by atoms with Gasteiger partial charge >= 0.3 is 0 Å². The number of piperazine rings is 1. The van der Waals surface area contributed by atoms with E-state index < -0.39 is 0 Å².